The molecule has 0 saturated heterocycles. The van der Waals surface area contributed by atoms with Crippen LogP contribution in [-0.2, 0) is 16.1 Å². The molecule has 0 atom stereocenters. The van der Waals surface area contributed by atoms with Crippen molar-refractivity contribution in [1.29, 1.82) is 0 Å². The Kier molecular flexibility index (Phi) is 6.46. The Balaban J connectivity index is 1.46. The summed E-state index contributed by atoms with van der Waals surface area (Å²) in [7, 11) is 0. The Morgan fingerprint density at radius 1 is 1.21 bits per heavy atom. The molecule has 8 nitrogen and oxygen atoms in total. The van der Waals surface area contributed by atoms with Crippen LogP contribution in [0.3, 0.4) is 0 Å². The van der Waals surface area contributed by atoms with Crippen LogP contribution >= 0.6 is 11.6 Å². The zero-order valence-electron chi connectivity index (χ0n) is 15.3. The zero-order valence-corrected chi connectivity index (χ0v) is 16.0. The smallest absolute Gasteiger partial charge is 0.412 e. The number of hydrazine groups is 1. The number of ether oxygens (including phenoxy) is 1. The molecule has 3 aromatic rings. The van der Waals surface area contributed by atoms with E-state index in [0.717, 1.165) is 11.1 Å². The molecule has 0 fully saturated rings. The summed E-state index contributed by atoms with van der Waals surface area (Å²) >= 11 is 6.11. The van der Waals surface area contributed by atoms with Gasteiger partial charge in [0.15, 0.2) is 5.82 Å². The van der Waals surface area contributed by atoms with Gasteiger partial charge in [0.05, 0.1) is 12.1 Å². The number of aromatic nitrogens is 2. The summed E-state index contributed by atoms with van der Waals surface area (Å²) in [5, 5.41) is 8.77. The summed E-state index contributed by atoms with van der Waals surface area (Å²) in [6, 6.07) is 14.7. The van der Waals surface area contributed by atoms with Crippen LogP contribution in [0, 0.1) is 0 Å². The van der Waals surface area contributed by atoms with Crippen molar-refractivity contribution in [2.75, 3.05) is 18.5 Å². The molecular weight excluding hydrogens is 382 g/mol. The molecule has 0 aliphatic rings. The van der Waals surface area contributed by atoms with Gasteiger partial charge in [-0.05, 0) is 23.8 Å². The van der Waals surface area contributed by atoms with E-state index < -0.39 is 6.09 Å². The van der Waals surface area contributed by atoms with E-state index in [4.69, 9.17) is 16.3 Å². The van der Waals surface area contributed by atoms with Gasteiger partial charge in [-0.1, -0.05) is 35.9 Å². The highest BCUT2D eigenvalue weighted by atomic mass is 35.5. The number of rotatable bonds is 7. The van der Waals surface area contributed by atoms with E-state index in [0.29, 0.717) is 17.4 Å². The van der Waals surface area contributed by atoms with Crippen LogP contribution in [0.1, 0.15) is 12.5 Å². The topological polar surface area (TPSA) is 88.0 Å². The minimum Gasteiger partial charge on any atom is -0.447 e. The lowest BCUT2D eigenvalue weighted by molar-refractivity contribution is -0.132. The van der Waals surface area contributed by atoms with Crippen molar-refractivity contribution in [3.63, 3.8) is 0 Å². The molecule has 0 saturated carbocycles. The summed E-state index contributed by atoms with van der Waals surface area (Å²) in [5.41, 5.74) is 4.70. The fraction of sp³-hybridized carbons (Fsp3) is 0.211. The first-order valence-electron chi connectivity index (χ1n) is 8.66. The quantitative estimate of drug-likeness (QED) is 0.594. The first kappa shape index (κ1) is 19.7. The van der Waals surface area contributed by atoms with Crippen LogP contribution in [0.25, 0.3) is 5.52 Å². The van der Waals surface area contributed by atoms with Crippen molar-refractivity contribution in [3.8, 4) is 0 Å². The fourth-order valence-corrected chi connectivity index (χ4v) is 2.74. The molecule has 9 heteroatoms. The van der Waals surface area contributed by atoms with Crippen molar-refractivity contribution in [2.24, 2.45) is 0 Å². The van der Waals surface area contributed by atoms with E-state index in [9.17, 15) is 9.59 Å². The van der Waals surface area contributed by atoms with Crippen LogP contribution in [0.4, 0.5) is 10.6 Å². The maximum absolute atomic E-state index is 11.9. The number of nitrogens with one attached hydrogen (secondary N) is 2. The predicted octanol–water partition coefficient (Wildman–Crippen LogP) is 3.09. The van der Waals surface area contributed by atoms with Crippen LogP contribution < -0.4 is 10.7 Å². The Morgan fingerprint density at radius 3 is 2.75 bits per heavy atom. The molecular formula is C19H20ClN5O3. The Morgan fingerprint density at radius 2 is 2.00 bits per heavy atom. The number of hydrogen-bond acceptors (Lipinski definition) is 5. The number of fused-ring (bicyclic) bond motifs is 1. The van der Waals surface area contributed by atoms with Gasteiger partial charge in [0, 0.05) is 30.8 Å². The van der Waals surface area contributed by atoms with Gasteiger partial charge in [0.2, 0.25) is 5.91 Å². The molecule has 0 aliphatic carbocycles. The van der Waals surface area contributed by atoms with E-state index in [-0.39, 0.29) is 19.1 Å². The largest absolute Gasteiger partial charge is 0.447 e. The molecule has 2 heterocycles. The van der Waals surface area contributed by atoms with E-state index in [1.807, 2.05) is 36.4 Å². The second-order valence-corrected chi connectivity index (χ2v) is 6.36. The average Bonchev–Trinajstić information content (AvgIpc) is 3.07. The van der Waals surface area contributed by atoms with E-state index >= 15 is 0 Å². The monoisotopic (exact) mass is 401 g/mol. The first-order valence-corrected chi connectivity index (χ1v) is 9.04. The maximum Gasteiger partial charge on any atom is 0.412 e. The van der Waals surface area contributed by atoms with E-state index in [2.05, 4.69) is 15.8 Å². The molecule has 0 spiro atoms. The first-order chi connectivity index (χ1) is 13.5. The lowest BCUT2D eigenvalue weighted by Crippen LogP contribution is -2.43. The molecule has 2 aromatic heterocycles. The van der Waals surface area contributed by atoms with Gasteiger partial charge in [-0.2, -0.15) is 0 Å². The number of hydrogen-bond donors (Lipinski definition) is 2. The Hall–Kier alpha value is -3.10. The number of carbonyl (C=O) groups is 2. The fourth-order valence-electron chi connectivity index (χ4n) is 2.54. The summed E-state index contributed by atoms with van der Waals surface area (Å²) in [6.07, 6.45) is 1.14. The van der Waals surface area contributed by atoms with Gasteiger partial charge in [-0.25, -0.2) is 14.7 Å². The number of anilines is 1. The van der Waals surface area contributed by atoms with E-state index in [1.54, 1.807) is 22.8 Å². The van der Waals surface area contributed by atoms with E-state index in [1.165, 1.54) is 11.9 Å². The summed E-state index contributed by atoms with van der Waals surface area (Å²) < 4.78 is 6.78. The molecule has 2 N–H and O–H groups in total. The van der Waals surface area contributed by atoms with Crippen molar-refractivity contribution < 1.29 is 14.3 Å². The highest BCUT2D eigenvalue weighted by molar-refractivity contribution is 6.31. The number of benzene rings is 1. The van der Waals surface area contributed by atoms with Crippen molar-refractivity contribution in [3.05, 3.63) is 65.3 Å². The maximum atomic E-state index is 11.9. The van der Waals surface area contributed by atoms with Crippen molar-refractivity contribution in [1.82, 2.24) is 20.0 Å². The van der Waals surface area contributed by atoms with Crippen LogP contribution in [-0.4, -0.2) is 39.8 Å². The van der Waals surface area contributed by atoms with Crippen LogP contribution in [0.15, 0.2) is 54.7 Å². The van der Waals surface area contributed by atoms with Crippen LogP contribution in [0.2, 0.25) is 5.02 Å². The summed E-state index contributed by atoms with van der Waals surface area (Å²) in [6.45, 7) is 2.02. The Bertz CT molecular complexity index is 942. The highest BCUT2D eigenvalue weighted by Gasteiger charge is 2.12. The van der Waals surface area contributed by atoms with Crippen LogP contribution in [0.5, 0.6) is 0 Å². The summed E-state index contributed by atoms with van der Waals surface area (Å²) in [4.78, 5) is 23.7. The van der Waals surface area contributed by atoms with Crippen molar-refractivity contribution >= 4 is 34.9 Å². The van der Waals surface area contributed by atoms with Gasteiger partial charge in [-0.3, -0.25) is 15.1 Å². The highest BCUT2D eigenvalue weighted by Crippen LogP contribution is 2.14. The van der Waals surface area contributed by atoms with Crippen molar-refractivity contribution in [2.45, 2.75) is 13.5 Å². The number of pyridine rings is 1. The predicted molar refractivity (Wildman–Crippen MR) is 106 cm³/mol. The second kappa shape index (κ2) is 9.20. The molecule has 3 rings (SSSR count). The average molecular weight is 402 g/mol. The van der Waals surface area contributed by atoms with Gasteiger partial charge in [0.1, 0.15) is 6.61 Å². The third-order valence-electron chi connectivity index (χ3n) is 3.95. The minimum atomic E-state index is -0.641. The molecule has 0 unspecified atom stereocenters. The number of carbonyl (C=O) groups excluding carboxylic acids is 2. The van der Waals surface area contributed by atoms with Gasteiger partial charge < -0.3 is 4.74 Å². The number of amides is 2. The molecule has 146 valence electrons. The molecule has 0 aliphatic heterocycles. The molecule has 0 radical (unpaired) electrons. The Labute approximate surface area is 167 Å². The molecule has 0 bridgehead atoms. The lowest BCUT2D eigenvalue weighted by atomic mass is 10.2. The second-order valence-electron chi connectivity index (χ2n) is 5.96. The third-order valence-corrected chi connectivity index (χ3v) is 4.32. The molecule has 2 amide bonds. The minimum absolute atomic E-state index is 0.0221. The third kappa shape index (κ3) is 5.21. The van der Waals surface area contributed by atoms with Gasteiger partial charge >= 0.3 is 6.09 Å². The number of nitrogens with zero attached hydrogens (tertiary/aromatic N) is 3. The summed E-state index contributed by atoms with van der Waals surface area (Å²) in [5.74, 6) is 0.188. The zero-order chi connectivity index (χ0) is 19.9. The molecule has 28 heavy (non-hydrogen) atoms. The van der Waals surface area contributed by atoms with Gasteiger partial charge in [0.25, 0.3) is 0 Å². The molecule has 1 aromatic carbocycles. The number of halogens is 1. The normalized spacial score (nSPS) is 10.6. The SMILES string of the molecule is CC(=O)N(CCOC(=O)Nc1cc2ccccn2n1)NCc1ccccc1Cl. The standard InChI is InChI=1S/C19H20ClN5O3/c1-14(26)24(21-13-15-6-2-3-8-17(15)20)10-11-28-19(27)22-18-12-16-7-4-5-9-25(16)23-18/h2-9,12,21H,10-11,13H2,1H3,(H,22,23,27). The van der Waals surface area contributed by atoms with Gasteiger partial charge in [-0.15, -0.1) is 5.10 Å². The lowest BCUT2D eigenvalue weighted by Gasteiger charge is -2.22.